The lowest BCUT2D eigenvalue weighted by molar-refractivity contribution is 0.161. The van der Waals surface area contributed by atoms with E-state index >= 15 is 0 Å². The molecule has 0 aromatic rings. The van der Waals surface area contributed by atoms with Gasteiger partial charge in [-0.1, -0.05) is 19.6 Å². The zero-order chi connectivity index (χ0) is 9.07. The molecular formula is C9H18OSi. The molecule has 0 aromatic heterocycles. The topological polar surface area (TPSA) is 20.2 Å². The molecule has 0 bridgehead atoms. The van der Waals surface area contributed by atoms with E-state index in [4.69, 9.17) is 5.11 Å². The number of hydrogen-bond acceptors (Lipinski definition) is 1. The number of aliphatic hydroxyl groups excluding tert-OH is 1. The second kappa shape index (κ2) is 3.94. The van der Waals surface area contributed by atoms with Crippen LogP contribution in [0, 0.1) is 17.4 Å². The van der Waals surface area contributed by atoms with Crippen LogP contribution in [0.25, 0.3) is 0 Å². The molecular weight excluding hydrogens is 152 g/mol. The first kappa shape index (κ1) is 10.7. The third-order valence-corrected chi connectivity index (χ3v) is 2.29. The average molecular weight is 170 g/mol. The second-order valence-electron chi connectivity index (χ2n) is 4.05. The SMILES string of the molecule is C[C@H](O)[C@@H](C)C#C[Si](C)(C)C. The molecule has 1 N–H and O–H groups in total. The summed E-state index contributed by atoms with van der Waals surface area (Å²) in [7, 11) is -1.24. The second-order valence-corrected chi connectivity index (χ2v) is 8.80. The smallest absolute Gasteiger partial charge is 0.129 e. The van der Waals surface area contributed by atoms with E-state index in [0.29, 0.717) is 0 Å². The van der Waals surface area contributed by atoms with E-state index < -0.39 is 8.07 Å². The van der Waals surface area contributed by atoms with E-state index in [2.05, 4.69) is 31.1 Å². The van der Waals surface area contributed by atoms with Crippen molar-refractivity contribution >= 4 is 8.07 Å². The van der Waals surface area contributed by atoms with E-state index in [-0.39, 0.29) is 12.0 Å². The van der Waals surface area contributed by atoms with Gasteiger partial charge in [0, 0.05) is 5.92 Å². The van der Waals surface area contributed by atoms with Crippen LogP contribution in [0.15, 0.2) is 0 Å². The first-order valence-electron chi connectivity index (χ1n) is 4.03. The van der Waals surface area contributed by atoms with Gasteiger partial charge in [-0.25, -0.2) is 0 Å². The van der Waals surface area contributed by atoms with Crippen molar-refractivity contribution in [1.82, 2.24) is 0 Å². The molecule has 0 fully saturated rings. The maximum atomic E-state index is 9.13. The highest BCUT2D eigenvalue weighted by Gasteiger charge is 2.09. The fraction of sp³-hybridized carbons (Fsp3) is 0.778. The van der Waals surface area contributed by atoms with Crippen molar-refractivity contribution in [3.63, 3.8) is 0 Å². The molecule has 0 aliphatic carbocycles. The summed E-state index contributed by atoms with van der Waals surface area (Å²) in [6.07, 6.45) is -0.307. The summed E-state index contributed by atoms with van der Waals surface area (Å²) in [5, 5.41) is 9.13. The minimum Gasteiger partial charge on any atom is -0.392 e. The summed E-state index contributed by atoms with van der Waals surface area (Å²) in [6, 6.07) is 0. The highest BCUT2D eigenvalue weighted by molar-refractivity contribution is 6.83. The molecule has 0 saturated heterocycles. The molecule has 0 heterocycles. The van der Waals surface area contributed by atoms with Crippen molar-refractivity contribution in [1.29, 1.82) is 0 Å². The Morgan fingerprint density at radius 1 is 1.18 bits per heavy atom. The summed E-state index contributed by atoms with van der Waals surface area (Å²) < 4.78 is 0. The summed E-state index contributed by atoms with van der Waals surface area (Å²) >= 11 is 0. The van der Waals surface area contributed by atoms with Crippen molar-refractivity contribution in [2.24, 2.45) is 5.92 Å². The Labute approximate surface area is 70.8 Å². The van der Waals surface area contributed by atoms with Gasteiger partial charge >= 0.3 is 0 Å². The quantitative estimate of drug-likeness (QED) is 0.470. The third-order valence-electron chi connectivity index (χ3n) is 1.40. The Bertz CT molecular complexity index is 168. The van der Waals surface area contributed by atoms with E-state index in [0.717, 1.165) is 0 Å². The molecule has 2 atom stereocenters. The predicted octanol–water partition coefficient (Wildman–Crippen LogP) is 1.88. The van der Waals surface area contributed by atoms with Gasteiger partial charge in [0.15, 0.2) is 0 Å². The Hall–Kier alpha value is -0.263. The third kappa shape index (κ3) is 6.15. The molecule has 0 unspecified atom stereocenters. The molecule has 0 aliphatic rings. The number of hydrogen-bond donors (Lipinski definition) is 1. The van der Waals surface area contributed by atoms with Crippen LogP contribution in [-0.2, 0) is 0 Å². The van der Waals surface area contributed by atoms with Crippen molar-refractivity contribution in [2.75, 3.05) is 0 Å². The molecule has 0 aromatic carbocycles. The minimum atomic E-state index is -1.24. The standard InChI is InChI=1S/C9H18OSi/c1-8(9(2)10)6-7-11(3,4)5/h8-10H,1-5H3/t8-,9-/m0/s1. The van der Waals surface area contributed by atoms with Gasteiger partial charge in [-0.2, -0.15) is 0 Å². The molecule has 2 heteroatoms. The maximum absolute atomic E-state index is 9.13. The minimum absolute atomic E-state index is 0.113. The normalized spacial score (nSPS) is 16.5. The van der Waals surface area contributed by atoms with Gasteiger partial charge in [0.1, 0.15) is 8.07 Å². The van der Waals surface area contributed by atoms with Gasteiger partial charge in [-0.15, -0.1) is 11.5 Å². The Morgan fingerprint density at radius 3 is 1.91 bits per heavy atom. The van der Waals surface area contributed by atoms with Crippen LogP contribution in [0.1, 0.15) is 13.8 Å². The zero-order valence-corrected chi connectivity index (χ0v) is 9.10. The zero-order valence-electron chi connectivity index (χ0n) is 8.10. The molecule has 0 rings (SSSR count). The van der Waals surface area contributed by atoms with Gasteiger partial charge in [0.25, 0.3) is 0 Å². The first-order valence-corrected chi connectivity index (χ1v) is 7.53. The van der Waals surface area contributed by atoms with E-state index in [1.165, 1.54) is 0 Å². The first-order chi connectivity index (χ1) is 4.83. The maximum Gasteiger partial charge on any atom is 0.129 e. The van der Waals surface area contributed by atoms with Crippen molar-refractivity contribution in [3.05, 3.63) is 0 Å². The fourth-order valence-corrected chi connectivity index (χ4v) is 1.11. The van der Waals surface area contributed by atoms with Crippen molar-refractivity contribution < 1.29 is 5.11 Å². The summed E-state index contributed by atoms with van der Waals surface area (Å²) in [4.78, 5) is 0. The van der Waals surface area contributed by atoms with Gasteiger partial charge in [0.05, 0.1) is 6.10 Å². The Kier molecular flexibility index (Phi) is 3.84. The van der Waals surface area contributed by atoms with Crippen LogP contribution >= 0.6 is 0 Å². The number of rotatable bonds is 1. The summed E-state index contributed by atoms with van der Waals surface area (Å²) in [5.74, 6) is 3.20. The summed E-state index contributed by atoms with van der Waals surface area (Å²) in [5.41, 5.74) is 3.23. The van der Waals surface area contributed by atoms with Gasteiger partial charge < -0.3 is 5.11 Å². The molecule has 64 valence electrons. The molecule has 1 nitrogen and oxygen atoms in total. The molecule has 0 spiro atoms. The van der Waals surface area contributed by atoms with Crippen molar-refractivity contribution in [3.8, 4) is 11.5 Å². The van der Waals surface area contributed by atoms with Gasteiger partial charge in [0.2, 0.25) is 0 Å². The van der Waals surface area contributed by atoms with Crippen LogP contribution in [0.4, 0.5) is 0 Å². The molecule has 0 aliphatic heterocycles. The van der Waals surface area contributed by atoms with Gasteiger partial charge in [-0.3, -0.25) is 0 Å². The highest BCUT2D eigenvalue weighted by atomic mass is 28.3. The van der Waals surface area contributed by atoms with Crippen LogP contribution in [0.2, 0.25) is 19.6 Å². The fourth-order valence-electron chi connectivity index (χ4n) is 0.451. The predicted molar refractivity (Wildman–Crippen MR) is 52.0 cm³/mol. The molecule has 11 heavy (non-hydrogen) atoms. The average Bonchev–Trinajstić information content (AvgIpc) is 1.80. The van der Waals surface area contributed by atoms with E-state index in [1.807, 2.05) is 6.92 Å². The van der Waals surface area contributed by atoms with Crippen LogP contribution in [0.5, 0.6) is 0 Å². The number of aliphatic hydroxyl groups is 1. The van der Waals surface area contributed by atoms with E-state index in [9.17, 15) is 0 Å². The largest absolute Gasteiger partial charge is 0.392 e. The van der Waals surface area contributed by atoms with Crippen LogP contribution in [0.3, 0.4) is 0 Å². The Morgan fingerprint density at radius 2 is 1.64 bits per heavy atom. The lowest BCUT2D eigenvalue weighted by Crippen LogP contribution is -2.18. The lowest BCUT2D eigenvalue weighted by atomic mass is 10.1. The molecule has 0 amide bonds. The van der Waals surface area contributed by atoms with Gasteiger partial charge in [-0.05, 0) is 13.8 Å². The Balaban J connectivity index is 4.08. The van der Waals surface area contributed by atoms with Crippen molar-refractivity contribution in [2.45, 2.75) is 39.6 Å². The van der Waals surface area contributed by atoms with Crippen LogP contribution in [-0.4, -0.2) is 19.3 Å². The molecule has 0 saturated carbocycles. The lowest BCUT2D eigenvalue weighted by Gasteiger charge is -2.08. The highest BCUT2D eigenvalue weighted by Crippen LogP contribution is 2.02. The summed E-state index contributed by atoms with van der Waals surface area (Å²) in [6.45, 7) is 10.3. The van der Waals surface area contributed by atoms with E-state index in [1.54, 1.807) is 6.92 Å². The van der Waals surface area contributed by atoms with Crippen LogP contribution < -0.4 is 0 Å². The molecule has 0 radical (unpaired) electrons. The monoisotopic (exact) mass is 170 g/mol.